The van der Waals surface area contributed by atoms with Crippen LogP contribution in [-0.4, -0.2) is 46.3 Å². The number of rotatable bonds is 6. The summed E-state index contributed by atoms with van der Waals surface area (Å²) in [6, 6.07) is 3.87. The first kappa shape index (κ1) is 17.0. The molecule has 0 fully saturated rings. The molecule has 0 unspecified atom stereocenters. The van der Waals surface area contributed by atoms with Crippen molar-refractivity contribution in [3.05, 3.63) is 28.8 Å². The third-order valence-corrected chi connectivity index (χ3v) is 4.25. The number of aryl methyl sites for hydroxylation is 3. The van der Waals surface area contributed by atoms with Crippen molar-refractivity contribution >= 4 is 10.1 Å². The summed E-state index contributed by atoms with van der Waals surface area (Å²) < 4.78 is 30.1. The van der Waals surface area contributed by atoms with Gasteiger partial charge in [-0.3, -0.25) is 0 Å². The second-order valence-electron chi connectivity index (χ2n) is 6.44. The Hall–Kier alpha value is -1.07. The molecule has 5 heteroatoms. The SMILES string of the molecule is Cc1cc(C)c(OS(=O)(=O)CCC[N+](C)(C)C)c(C)c1. The predicted molar refractivity (Wildman–Crippen MR) is 82.6 cm³/mol. The summed E-state index contributed by atoms with van der Waals surface area (Å²) in [5, 5.41) is 0. The zero-order valence-electron chi connectivity index (χ0n) is 13.4. The Morgan fingerprint density at radius 3 is 2.00 bits per heavy atom. The van der Waals surface area contributed by atoms with Crippen LogP contribution in [0.15, 0.2) is 12.1 Å². The smallest absolute Gasteiger partial charge is 0.309 e. The van der Waals surface area contributed by atoms with Gasteiger partial charge in [0.2, 0.25) is 0 Å². The van der Waals surface area contributed by atoms with Crippen LogP contribution in [0.5, 0.6) is 5.75 Å². The molecule has 0 radical (unpaired) electrons. The van der Waals surface area contributed by atoms with E-state index in [1.165, 1.54) is 0 Å². The summed E-state index contributed by atoms with van der Waals surface area (Å²) >= 11 is 0. The van der Waals surface area contributed by atoms with Crippen molar-refractivity contribution in [1.29, 1.82) is 0 Å². The molecule has 1 rings (SSSR count). The number of hydrogen-bond acceptors (Lipinski definition) is 3. The topological polar surface area (TPSA) is 43.4 Å². The first-order valence-corrected chi connectivity index (χ1v) is 8.38. The van der Waals surface area contributed by atoms with Crippen LogP contribution in [0.3, 0.4) is 0 Å². The quantitative estimate of drug-likeness (QED) is 0.598. The van der Waals surface area contributed by atoms with Gasteiger partial charge < -0.3 is 8.67 Å². The van der Waals surface area contributed by atoms with Crippen molar-refractivity contribution in [2.45, 2.75) is 27.2 Å². The van der Waals surface area contributed by atoms with Crippen LogP contribution in [0.25, 0.3) is 0 Å². The molecular formula is C15H26NO3S+. The summed E-state index contributed by atoms with van der Waals surface area (Å²) in [7, 11) is 2.61. The molecule has 0 saturated heterocycles. The lowest BCUT2D eigenvalue weighted by atomic mass is 10.1. The van der Waals surface area contributed by atoms with E-state index in [9.17, 15) is 8.42 Å². The maximum atomic E-state index is 12.0. The summed E-state index contributed by atoms with van der Waals surface area (Å²) in [6.07, 6.45) is 0.593. The molecular weight excluding hydrogens is 274 g/mol. The Balaban J connectivity index is 2.77. The van der Waals surface area contributed by atoms with Gasteiger partial charge in [-0.2, -0.15) is 8.42 Å². The van der Waals surface area contributed by atoms with Gasteiger partial charge in [-0.15, -0.1) is 0 Å². The van der Waals surface area contributed by atoms with Crippen LogP contribution in [0.2, 0.25) is 0 Å². The fourth-order valence-electron chi connectivity index (χ4n) is 2.18. The lowest BCUT2D eigenvalue weighted by Crippen LogP contribution is -2.36. The second kappa shape index (κ2) is 6.14. The van der Waals surface area contributed by atoms with Crippen LogP contribution >= 0.6 is 0 Å². The third kappa shape index (κ3) is 5.51. The van der Waals surface area contributed by atoms with Crippen molar-refractivity contribution in [3.8, 4) is 5.75 Å². The van der Waals surface area contributed by atoms with Gasteiger partial charge in [-0.25, -0.2) is 0 Å². The molecule has 20 heavy (non-hydrogen) atoms. The predicted octanol–water partition coefficient (Wildman–Crippen LogP) is 2.42. The Morgan fingerprint density at radius 2 is 1.55 bits per heavy atom. The average Bonchev–Trinajstić information content (AvgIpc) is 2.21. The summed E-state index contributed by atoms with van der Waals surface area (Å²) in [5.41, 5.74) is 2.82. The van der Waals surface area contributed by atoms with Gasteiger partial charge in [0.15, 0.2) is 0 Å². The second-order valence-corrected chi connectivity index (χ2v) is 8.13. The van der Waals surface area contributed by atoms with Crippen molar-refractivity contribution in [1.82, 2.24) is 0 Å². The largest absolute Gasteiger partial charge is 0.382 e. The normalized spacial score (nSPS) is 12.5. The minimum Gasteiger partial charge on any atom is -0.382 e. The van der Waals surface area contributed by atoms with Crippen molar-refractivity contribution < 1.29 is 17.1 Å². The monoisotopic (exact) mass is 300 g/mol. The molecule has 1 aromatic carbocycles. The number of hydrogen-bond donors (Lipinski definition) is 0. The number of quaternary nitrogens is 1. The van der Waals surface area contributed by atoms with Crippen molar-refractivity contribution in [3.63, 3.8) is 0 Å². The molecule has 0 amide bonds. The van der Waals surface area contributed by atoms with E-state index < -0.39 is 10.1 Å². The molecule has 0 aliphatic rings. The summed E-state index contributed by atoms with van der Waals surface area (Å²) in [4.78, 5) is 0. The molecule has 4 nitrogen and oxygen atoms in total. The molecule has 1 aromatic rings. The minimum atomic E-state index is -3.52. The zero-order valence-corrected chi connectivity index (χ0v) is 14.2. The first-order chi connectivity index (χ1) is 9.00. The van der Waals surface area contributed by atoms with Gasteiger partial charge in [0.1, 0.15) is 5.75 Å². The fraction of sp³-hybridized carbons (Fsp3) is 0.600. The number of nitrogens with zero attached hydrogens (tertiary/aromatic N) is 1. The third-order valence-electron chi connectivity index (χ3n) is 3.04. The highest BCUT2D eigenvalue weighted by atomic mass is 32.2. The van der Waals surface area contributed by atoms with E-state index in [2.05, 4.69) is 0 Å². The van der Waals surface area contributed by atoms with Crippen LogP contribution < -0.4 is 4.18 Å². The van der Waals surface area contributed by atoms with E-state index in [0.717, 1.165) is 27.7 Å². The molecule has 0 spiro atoms. The van der Waals surface area contributed by atoms with Gasteiger partial charge in [0.05, 0.1) is 33.4 Å². The molecule has 0 N–H and O–H groups in total. The van der Waals surface area contributed by atoms with Crippen molar-refractivity contribution in [2.24, 2.45) is 0 Å². The van der Waals surface area contributed by atoms with E-state index in [1.807, 2.05) is 54.0 Å². The van der Waals surface area contributed by atoms with Gasteiger partial charge in [0.25, 0.3) is 0 Å². The molecule has 0 aliphatic carbocycles. The lowest BCUT2D eigenvalue weighted by Gasteiger charge is -2.23. The first-order valence-electron chi connectivity index (χ1n) is 6.81. The van der Waals surface area contributed by atoms with Gasteiger partial charge in [-0.1, -0.05) is 17.7 Å². The highest BCUT2D eigenvalue weighted by Crippen LogP contribution is 2.26. The molecule has 0 aliphatic heterocycles. The van der Waals surface area contributed by atoms with E-state index in [1.54, 1.807) is 0 Å². The summed E-state index contributed by atoms with van der Waals surface area (Å²) in [6.45, 7) is 6.53. The average molecular weight is 300 g/mol. The van der Waals surface area contributed by atoms with E-state index in [4.69, 9.17) is 4.18 Å². The van der Waals surface area contributed by atoms with Crippen molar-refractivity contribution in [2.75, 3.05) is 33.4 Å². The molecule has 114 valence electrons. The van der Waals surface area contributed by atoms with Gasteiger partial charge in [-0.05, 0) is 31.9 Å². The molecule has 0 aromatic heterocycles. The molecule has 0 bridgehead atoms. The maximum absolute atomic E-state index is 12.0. The van der Waals surface area contributed by atoms with Crippen LogP contribution in [0.1, 0.15) is 23.1 Å². The minimum absolute atomic E-state index is 0.0509. The zero-order chi connectivity index (χ0) is 15.6. The standard InChI is InChI=1S/C15H26NO3S/c1-12-10-13(2)15(14(3)11-12)19-20(17,18)9-7-8-16(4,5)6/h10-11H,7-9H2,1-6H3/q+1. The number of benzene rings is 1. The van der Waals surface area contributed by atoms with Crippen LogP contribution in [0.4, 0.5) is 0 Å². The van der Waals surface area contributed by atoms with Crippen LogP contribution in [-0.2, 0) is 10.1 Å². The van der Waals surface area contributed by atoms with Gasteiger partial charge in [0, 0.05) is 6.42 Å². The highest BCUT2D eigenvalue weighted by Gasteiger charge is 2.18. The molecule has 0 saturated carbocycles. The Bertz CT molecular complexity index is 548. The van der Waals surface area contributed by atoms with Gasteiger partial charge >= 0.3 is 10.1 Å². The van der Waals surface area contributed by atoms with Crippen LogP contribution in [0, 0.1) is 20.8 Å². The Morgan fingerprint density at radius 1 is 1.05 bits per heavy atom. The Kier molecular flexibility index (Phi) is 5.21. The highest BCUT2D eigenvalue weighted by molar-refractivity contribution is 7.87. The van der Waals surface area contributed by atoms with E-state index >= 15 is 0 Å². The fourth-order valence-corrected chi connectivity index (χ4v) is 3.27. The molecule has 0 atom stereocenters. The maximum Gasteiger partial charge on any atom is 0.309 e. The summed E-state index contributed by atoms with van der Waals surface area (Å²) in [5.74, 6) is 0.524. The Labute approximate surface area is 123 Å². The molecule has 0 heterocycles. The lowest BCUT2D eigenvalue weighted by molar-refractivity contribution is -0.870. The van der Waals surface area contributed by atoms with E-state index in [-0.39, 0.29) is 5.75 Å². The van der Waals surface area contributed by atoms with E-state index in [0.29, 0.717) is 12.2 Å².